The van der Waals surface area contributed by atoms with E-state index in [9.17, 15) is 9.59 Å². The van der Waals surface area contributed by atoms with Gasteiger partial charge in [-0.05, 0) is 38.3 Å². The van der Waals surface area contributed by atoms with E-state index in [1.165, 1.54) is 0 Å². The van der Waals surface area contributed by atoms with Crippen molar-refractivity contribution in [1.29, 1.82) is 0 Å². The monoisotopic (exact) mass is 397 g/mol. The SMILES string of the molecule is CCOC(=O)N1CCC(Nc2nccc(C(=O)NCc3cccc(C)c3)n2)CC1. The van der Waals surface area contributed by atoms with Crippen molar-refractivity contribution >= 4 is 17.9 Å². The van der Waals surface area contributed by atoms with Crippen LogP contribution in [0.1, 0.15) is 41.4 Å². The van der Waals surface area contributed by atoms with Gasteiger partial charge in [0.2, 0.25) is 5.95 Å². The Morgan fingerprint density at radius 2 is 2.03 bits per heavy atom. The van der Waals surface area contributed by atoms with Crippen molar-refractivity contribution < 1.29 is 14.3 Å². The van der Waals surface area contributed by atoms with E-state index in [1.807, 2.05) is 31.2 Å². The van der Waals surface area contributed by atoms with Crippen LogP contribution in [-0.4, -0.2) is 52.6 Å². The van der Waals surface area contributed by atoms with Crippen molar-refractivity contribution in [2.75, 3.05) is 25.0 Å². The Kier molecular flexibility index (Phi) is 6.99. The molecule has 1 aromatic carbocycles. The number of rotatable bonds is 6. The van der Waals surface area contributed by atoms with Crippen LogP contribution in [0.15, 0.2) is 36.5 Å². The van der Waals surface area contributed by atoms with E-state index in [0.29, 0.717) is 37.9 Å². The topological polar surface area (TPSA) is 96.5 Å². The van der Waals surface area contributed by atoms with Gasteiger partial charge in [0, 0.05) is 31.9 Å². The largest absolute Gasteiger partial charge is 0.450 e. The molecular formula is C21H27N5O3. The maximum absolute atomic E-state index is 12.4. The molecule has 154 valence electrons. The van der Waals surface area contributed by atoms with Crippen LogP contribution in [0, 0.1) is 6.92 Å². The lowest BCUT2D eigenvalue weighted by Crippen LogP contribution is -2.42. The van der Waals surface area contributed by atoms with Crippen molar-refractivity contribution in [3.63, 3.8) is 0 Å². The average Bonchev–Trinajstić information content (AvgIpc) is 2.73. The number of carbonyl (C=O) groups excluding carboxylic acids is 2. The third kappa shape index (κ3) is 5.91. The summed E-state index contributed by atoms with van der Waals surface area (Å²) < 4.78 is 5.04. The molecule has 2 heterocycles. The summed E-state index contributed by atoms with van der Waals surface area (Å²) in [6, 6.07) is 9.74. The molecule has 1 fully saturated rings. The summed E-state index contributed by atoms with van der Waals surface area (Å²) in [4.78, 5) is 34.5. The van der Waals surface area contributed by atoms with Gasteiger partial charge in [-0.3, -0.25) is 4.79 Å². The van der Waals surface area contributed by atoms with Gasteiger partial charge in [0.25, 0.3) is 5.91 Å². The number of ether oxygens (including phenoxy) is 1. The summed E-state index contributed by atoms with van der Waals surface area (Å²) in [7, 11) is 0. The molecule has 0 spiro atoms. The van der Waals surface area contributed by atoms with Crippen molar-refractivity contribution in [2.24, 2.45) is 0 Å². The fourth-order valence-electron chi connectivity index (χ4n) is 3.25. The predicted molar refractivity (Wildman–Crippen MR) is 110 cm³/mol. The van der Waals surface area contributed by atoms with E-state index >= 15 is 0 Å². The minimum Gasteiger partial charge on any atom is -0.450 e. The maximum Gasteiger partial charge on any atom is 0.409 e. The molecule has 1 aliphatic rings. The zero-order chi connectivity index (χ0) is 20.6. The number of piperidine rings is 1. The van der Waals surface area contributed by atoms with Crippen molar-refractivity contribution in [1.82, 2.24) is 20.2 Å². The lowest BCUT2D eigenvalue weighted by atomic mass is 10.1. The van der Waals surface area contributed by atoms with Crippen molar-refractivity contribution in [3.8, 4) is 0 Å². The number of hydrogen-bond acceptors (Lipinski definition) is 6. The number of aryl methyl sites for hydroxylation is 1. The average molecular weight is 397 g/mol. The zero-order valence-corrected chi connectivity index (χ0v) is 16.9. The van der Waals surface area contributed by atoms with Crippen LogP contribution in [-0.2, 0) is 11.3 Å². The van der Waals surface area contributed by atoms with Gasteiger partial charge in [0.05, 0.1) is 6.61 Å². The third-order valence-electron chi connectivity index (χ3n) is 4.78. The second-order valence-corrected chi connectivity index (χ2v) is 7.04. The molecule has 0 atom stereocenters. The molecule has 2 N–H and O–H groups in total. The highest BCUT2D eigenvalue weighted by atomic mass is 16.6. The molecule has 2 aromatic rings. The zero-order valence-electron chi connectivity index (χ0n) is 16.9. The summed E-state index contributed by atoms with van der Waals surface area (Å²) in [6.45, 7) is 5.88. The Hall–Kier alpha value is -3.16. The number of anilines is 1. The van der Waals surface area contributed by atoms with E-state index in [0.717, 1.165) is 24.0 Å². The van der Waals surface area contributed by atoms with Gasteiger partial charge < -0.3 is 20.3 Å². The molecule has 1 saturated heterocycles. The minimum atomic E-state index is -0.269. The van der Waals surface area contributed by atoms with Gasteiger partial charge in [0.1, 0.15) is 5.69 Å². The molecule has 0 unspecified atom stereocenters. The molecule has 8 nitrogen and oxygen atoms in total. The summed E-state index contributed by atoms with van der Waals surface area (Å²) in [5.74, 6) is 0.178. The molecule has 1 aromatic heterocycles. The Labute approximate surface area is 170 Å². The van der Waals surface area contributed by atoms with Crippen LogP contribution >= 0.6 is 0 Å². The van der Waals surface area contributed by atoms with E-state index in [4.69, 9.17) is 4.74 Å². The van der Waals surface area contributed by atoms with Crippen LogP contribution in [0.5, 0.6) is 0 Å². The number of amides is 2. The Bertz CT molecular complexity index is 850. The van der Waals surface area contributed by atoms with Crippen LogP contribution < -0.4 is 10.6 Å². The quantitative estimate of drug-likeness (QED) is 0.778. The van der Waals surface area contributed by atoms with Gasteiger partial charge >= 0.3 is 6.09 Å². The molecule has 0 saturated carbocycles. The molecule has 8 heteroatoms. The number of aromatic nitrogens is 2. The fraction of sp³-hybridized carbons (Fsp3) is 0.429. The molecule has 0 aliphatic carbocycles. The first-order valence-electron chi connectivity index (χ1n) is 9.90. The van der Waals surface area contributed by atoms with Crippen LogP contribution in [0.2, 0.25) is 0 Å². The highest BCUT2D eigenvalue weighted by molar-refractivity contribution is 5.92. The highest BCUT2D eigenvalue weighted by Gasteiger charge is 2.24. The molecule has 0 bridgehead atoms. The first kappa shape index (κ1) is 20.6. The van der Waals surface area contributed by atoms with Crippen molar-refractivity contribution in [2.45, 2.75) is 39.3 Å². The van der Waals surface area contributed by atoms with E-state index in [2.05, 4.69) is 20.6 Å². The molecule has 0 radical (unpaired) electrons. The van der Waals surface area contributed by atoms with E-state index < -0.39 is 0 Å². The molecule has 3 rings (SSSR count). The second kappa shape index (κ2) is 9.86. The van der Waals surface area contributed by atoms with Gasteiger partial charge in [-0.25, -0.2) is 14.8 Å². The van der Waals surface area contributed by atoms with Crippen LogP contribution in [0.25, 0.3) is 0 Å². The Morgan fingerprint density at radius 3 is 2.76 bits per heavy atom. The third-order valence-corrected chi connectivity index (χ3v) is 4.78. The van der Waals surface area contributed by atoms with Gasteiger partial charge in [-0.2, -0.15) is 0 Å². The second-order valence-electron chi connectivity index (χ2n) is 7.04. The first-order chi connectivity index (χ1) is 14.0. The van der Waals surface area contributed by atoms with E-state index in [-0.39, 0.29) is 18.0 Å². The lowest BCUT2D eigenvalue weighted by molar-refractivity contribution is 0.0943. The maximum atomic E-state index is 12.4. The minimum absolute atomic E-state index is 0.145. The first-order valence-corrected chi connectivity index (χ1v) is 9.90. The number of nitrogens with zero attached hydrogens (tertiary/aromatic N) is 3. The highest BCUT2D eigenvalue weighted by Crippen LogP contribution is 2.15. The Balaban J connectivity index is 1.52. The standard InChI is InChI=1S/C21H27N5O3/c1-3-29-21(28)26-11-8-17(9-12-26)24-20-22-10-7-18(25-20)19(27)23-14-16-6-4-5-15(2)13-16/h4-7,10,13,17H,3,8-9,11-12,14H2,1-2H3,(H,23,27)(H,22,24,25). The molecule has 1 aliphatic heterocycles. The Morgan fingerprint density at radius 1 is 1.24 bits per heavy atom. The molecule has 29 heavy (non-hydrogen) atoms. The van der Waals surface area contributed by atoms with Gasteiger partial charge in [-0.1, -0.05) is 29.8 Å². The number of nitrogens with one attached hydrogen (secondary N) is 2. The van der Waals surface area contributed by atoms with Crippen LogP contribution in [0.4, 0.5) is 10.7 Å². The fourth-order valence-corrected chi connectivity index (χ4v) is 3.25. The summed E-state index contributed by atoms with van der Waals surface area (Å²) in [5, 5.41) is 6.16. The van der Waals surface area contributed by atoms with Crippen LogP contribution in [0.3, 0.4) is 0 Å². The summed E-state index contributed by atoms with van der Waals surface area (Å²) in [6.07, 6.45) is 2.84. The van der Waals surface area contributed by atoms with Crippen molar-refractivity contribution in [3.05, 3.63) is 53.3 Å². The summed E-state index contributed by atoms with van der Waals surface area (Å²) >= 11 is 0. The van der Waals surface area contributed by atoms with Gasteiger partial charge in [-0.15, -0.1) is 0 Å². The lowest BCUT2D eigenvalue weighted by Gasteiger charge is -2.31. The number of benzene rings is 1. The summed E-state index contributed by atoms with van der Waals surface area (Å²) in [5.41, 5.74) is 2.51. The number of hydrogen-bond donors (Lipinski definition) is 2. The van der Waals surface area contributed by atoms with E-state index in [1.54, 1.807) is 24.1 Å². The number of likely N-dealkylation sites (tertiary alicyclic amines) is 1. The van der Waals surface area contributed by atoms with Gasteiger partial charge in [0.15, 0.2) is 0 Å². The number of carbonyl (C=O) groups is 2. The predicted octanol–water partition coefficient (Wildman–Crippen LogP) is 2.75. The molecular weight excluding hydrogens is 370 g/mol. The smallest absolute Gasteiger partial charge is 0.409 e. The molecule has 2 amide bonds. The normalized spacial score (nSPS) is 14.3.